The SMILES string of the molecule is CCCCOCCOC(=O)CN1C(=O)C(CC)Oc2ccc(-c3nc(C)sc3C)cc21. The topological polar surface area (TPSA) is 78.0 Å². The van der Waals surface area contributed by atoms with Gasteiger partial charge in [0, 0.05) is 17.0 Å². The highest BCUT2D eigenvalue weighted by Gasteiger charge is 2.35. The van der Waals surface area contributed by atoms with Crippen molar-refractivity contribution in [3.63, 3.8) is 0 Å². The second kappa shape index (κ2) is 10.7. The number of fused-ring (bicyclic) bond motifs is 1. The van der Waals surface area contributed by atoms with Crippen molar-refractivity contribution < 1.29 is 23.8 Å². The number of hydrogen-bond donors (Lipinski definition) is 0. The Bertz CT molecular complexity index is 927. The Morgan fingerprint density at radius 1 is 1.23 bits per heavy atom. The quantitative estimate of drug-likeness (QED) is 0.400. The first-order chi connectivity index (χ1) is 14.9. The van der Waals surface area contributed by atoms with Crippen LogP contribution in [0.4, 0.5) is 5.69 Å². The molecule has 1 amide bonds. The van der Waals surface area contributed by atoms with Gasteiger partial charge in [0.15, 0.2) is 6.10 Å². The summed E-state index contributed by atoms with van der Waals surface area (Å²) in [5, 5.41) is 0.977. The molecule has 168 valence electrons. The van der Waals surface area contributed by atoms with Crippen LogP contribution in [0.5, 0.6) is 5.75 Å². The van der Waals surface area contributed by atoms with E-state index >= 15 is 0 Å². The lowest BCUT2D eigenvalue weighted by molar-refractivity contribution is -0.145. The van der Waals surface area contributed by atoms with Crippen LogP contribution in [0.3, 0.4) is 0 Å². The maximum Gasteiger partial charge on any atom is 0.326 e. The third-order valence-electron chi connectivity index (χ3n) is 5.03. The molecule has 0 spiro atoms. The number of aryl methyl sites for hydroxylation is 2. The van der Waals surface area contributed by atoms with Gasteiger partial charge in [0.1, 0.15) is 18.9 Å². The van der Waals surface area contributed by atoms with Gasteiger partial charge < -0.3 is 14.2 Å². The van der Waals surface area contributed by atoms with E-state index in [2.05, 4.69) is 11.9 Å². The van der Waals surface area contributed by atoms with Gasteiger partial charge in [0.2, 0.25) is 0 Å². The van der Waals surface area contributed by atoms with Crippen LogP contribution in [-0.2, 0) is 19.1 Å². The summed E-state index contributed by atoms with van der Waals surface area (Å²) in [4.78, 5) is 32.6. The van der Waals surface area contributed by atoms with Crippen LogP contribution in [0.25, 0.3) is 11.3 Å². The number of aromatic nitrogens is 1. The van der Waals surface area contributed by atoms with E-state index in [-0.39, 0.29) is 19.1 Å². The van der Waals surface area contributed by atoms with E-state index < -0.39 is 12.1 Å². The Morgan fingerprint density at radius 2 is 2.03 bits per heavy atom. The van der Waals surface area contributed by atoms with E-state index in [4.69, 9.17) is 14.2 Å². The molecule has 1 unspecified atom stereocenters. The molecule has 1 aliphatic rings. The number of carbonyl (C=O) groups excluding carboxylic acids is 2. The summed E-state index contributed by atoms with van der Waals surface area (Å²) in [7, 11) is 0. The standard InChI is InChI=1S/C23H30N2O5S/c1-5-7-10-28-11-12-29-21(26)14-25-18-13-17(22-15(3)31-16(4)24-22)8-9-20(18)30-19(6-2)23(25)27/h8-9,13,19H,5-7,10-12,14H2,1-4H3. The van der Waals surface area contributed by atoms with Crippen LogP contribution in [0.1, 0.15) is 43.0 Å². The first-order valence-electron chi connectivity index (χ1n) is 10.7. The highest BCUT2D eigenvalue weighted by molar-refractivity contribution is 7.11. The van der Waals surface area contributed by atoms with Crippen molar-refractivity contribution in [2.45, 2.75) is 53.1 Å². The van der Waals surface area contributed by atoms with Crippen molar-refractivity contribution in [1.82, 2.24) is 4.98 Å². The summed E-state index contributed by atoms with van der Waals surface area (Å²) in [6, 6.07) is 5.64. The molecular weight excluding hydrogens is 416 g/mol. The maximum absolute atomic E-state index is 13.0. The highest BCUT2D eigenvalue weighted by atomic mass is 32.1. The third kappa shape index (κ3) is 5.62. The summed E-state index contributed by atoms with van der Waals surface area (Å²) >= 11 is 1.62. The fourth-order valence-corrected chi connectivity index (χ4v) is 4.27. The molecule has 0 saturated heterocycles. The molecule has 7 nitrogen and oxygen atoms in total. The van der Waals surface area contributed by atoms with Crippen molar-refractivity contribution in [2.75, 3.05) is 31.3 Å². The molecule has 0 fully saturated rings. The molecule has 31 heavy (non-hydrogen) atoms. The van der Waals surface area contributed by atoms with Gasteiger partial charge in [0.05, 0.1) is 23.0 Å². The highest BCUT2D eigenvalue weighted by Crippen LogP contribution is 2.39. The Kier molecular flexibility index (Phi) is 8.03. The first kappa shape index (κ1) is 23.2. The van der Waals surface area contributed by atoms with Gasteiger partial charge >= 0.3 is 5.97 Å². The smallest absolute Gasteiger partial charge is 0.326 e. The number of nitrogens with zero attached hydrogens (tertiary/aromatic N) is 2. The largest absolute Gasteiger partial charge is 0.478 e. The van der Waals surface area contributed by atoms with E-state index in [1.165, 1.54) is 4.90 Å². The van der Waals surface area contributed by atoms with Crippen LogP contribution >= 0.6 is 11.3 Å². The molecule has 3 rings (SSSR count). The van der Waals surface area contributed by atoms with E-state index in [0.29, 0.717) is 31.1 Å². The van der Waals surface area contributed by atoms with Crippen molar-refractivity contribution >= 4 is 28.9 Å². The molecule has 2 heterocycles. The molecule has 0 bridgehead atoms. The zero-order chi connectivity index (χ0) is 22.4. The number of esters is 1. The summed E-state index contributed by atoms with van der Waals surface area (Å²) in [5.74, 6) is -0.133. The second-order valence-electron chi connectivity index (χ2n) is 7.45. The zero-order valence-corrected chi connectivity index (χ0v) is 19.4. The van der Waals surface area contributed by atoms with E-state index in [0.717, 1.165) is 34.0 Å². The molecule has 8 heteroatoms. The number of benzene rings is 1. The number of rotatable bonds is 10. The van der Waals surface area contributed by atoms with Crippen molar-refractivity contribution in [3.05, 3.63) is 28.1 Å². The molecular formula is C23H30N2O5S. The number of amides is 1. The van der Waals surface area contributed by atoms with Gasteiger partial charge in [-0.15, -0.1) is 11.3 Å². The van der Waals surface area contributed by atoms with Crippen LogP contribution in [-0.4, -0.2) is 49.3 Å². The lowest BCUT2D eigenvalue weighted by atomic mass is 10.1. The molecule has 0 N–H and O–H groups in total. The van der Waals surface area contributed by atoms with Gasteiger partial charge in [-0.25, -0.2) is 4.98 Å². The second-order valence-corrected chi connectivity index (χ2v) is 8.85. The number of thiazole rings is 1. The Balaban J connectivity index is 1.76. The van der Waals surface area contributed by atoms with Crippen LogP contribution in [0, 0.1) is 13.8 Å². The normalized spacial score (nSPS) is 15.5. The van der Waals surface area contributed by atoms with E-state index in [9.17, 15) is 9.59 Å². The number of hydrogen-bond acceptors (Lipinski definition) is 7. The van der Waals surface area contributed by atoms with E-state index in [1.807, 2.05) is 39.0 Å². The molecule has 1 aromatic heterocycles. The fourth-order valence-electron chi connectivity index (χ4n) is 3.43. The molecule has 0 radical (unpaired) electrons. The average molecular weight is 447 g/mol. The molecule has 1 aromatic carbocycles. The van der Waals surface area contributed by atoms with Crippen molar-refractivity contribution in [2.24, 2.45) is 0 Å². The first-order valence-corrected chi connectivity index (χ1v) is 11.6. The minimum absolute atomic E-state index is 0.167. The van der Waals surface area contributed by atoms with E-state index in [1.54, 1.807) is 11.3 Å². The number of anilines is 1. The summed E-state index contributed by atoms with van der Waals surface area (Å²) < 4.78 is 16.6. The van der Waals surface area contributed by atoms with Crippen LogP contribution in [0.15, 0.2) is 18.2 Å². The number of carbonyl (C=O) groups is 2. The Hall–Kier alpha value is -2.45. The summed E-state index contributed by atoms with van der Waals surface area (Å²) in [6.07, 6.45) is 1.93. The minimum Gasteiger partial charge on any atom is -0.478 e. The molecule has 1 atom stereocenters. The van der Waals surface area contributed by atoms with Gasteiger partial charge in [-0.2, -0.15) is 0 Å². The van der Waals surface area contributed by atoms with Gasteiger partial charge in [-0.1, -0.05) is 20.3 Å². The lowest BCUT2D eigenvalue weighted by Gasteiger charge is -2.33. The third-order valence-corrected chi connectivity index (χ3v) is 5.91. The molecule has 2 aromatic rings. The molecule has 0 saturated carbocycles. The maximum atomic E-state index is 13.0. The van der Waals surface area contributed by atoms with Crippen molar-refractivity contribution in [1.29, 1.82) is 0 Å². The van der Waals surface area contributed by atoms with Crippen molar-refractivity contribution in [3.8, 4) is 17.0 Å². The molecule has 1 aliphatic heterocycles. The predicted molar refractivity (Wildman–Crippen MR) is 121 cm³/mol. The number of unbranched alkanes of at least 4 members (excludes halogenated alkanes) is 1. The van der Waals surface area contributed by atoms with Gasteiger partial charge in [-0.05, 0) is 44.9 Å². The number of ether oxygens (including phenoxy) is 3. The van der Waals surface area contributed by atoms with Gasteiger partial charge in [-0.3, -0.25) is 14.5 Å². The van der Waals surface area contributed by atoms with Crippen LogP contribution < -0.4 is 9.64 Å². The predicted octanol–water partition coefficient (Wildman–Crippen LogP) is 4.29. The molecule has 0 aliphatic carbocycles. The summed E-state index contributed by atoms with van der Waals surface area (Å²) in [6.45, 7) is 8.96. The lowest BCUT2D eigenvalue weighted by Crippen LogP contribution is -2.48. The monoisotopic (exact) mass is 446 g/mol. The van der Waals surface area contributed by atoms with Gasteiger partial charge in [0.25, 0.3) is 5.91 Å². The zero-order valence-electron chi connectivity index (χ0n) is 18.6. The average Bonchev–Trinajstić information content (AvgIpc) is 3.10. The Labute approximate surface area is 187 Å². The van der Waals surface area contributed by atoms with Crippen LogP contribution in [0.2, 0.25) is 0 Å². The summed E-state index contributed by atoms with van der Waals surface area (Å²) in [5.41, 5.74) is 2.32. The minimum atomic E-state index is -0.619. The fraction of sp³-hybridized carbons (Fsp3) is 0.522. The Morgan fingerprint density at radius 3 is 2.71 bits per heavy atom.